The van der Waals surface area contributed by atoms with Crippen LogP contribution in [-0.4, -0.2) is 36.1 Å². The maximum atomic E-state index is 11.5. The highest BCUT2D eigenvalue weighted by Crippen LogP contribution is 2.06. The minimum Gasteiger partial charge on any atom is -0.481 e. The fourth-order valence-corrected chi connectivity index (χ4v) is 1.65. The Balaban J connectivity index is 2.09. The smallest absolute Gasteiger partial charge is 0.303 e. The van der Waals surface area contributed by atoms with E-state index in [0.29, 0.717) is 13.0 Å². The van der Waals surface area contributed by atoms with Gasteiger partial charge in [0.1, 0.15) is 0 Å². The van der Waals surface area contributed by atoms with Gasteiger partial charge in [0.2, 0.25) is 5.91 Å². The van der Waals surface area contributed by atoms with Crippen molar-refractivity contribution in [2.24, 2.45) is 0 Å². The molecule has 0 radical (unpaired) electrons. The van der Waals surface area contributed by atoms with Crippen molar-refractivity contribution in [3.63, 3.8) is 0 Å². The van der Waals surface area contributed by atoms with E-state index in [4.69, 9.17) is 5.11 Å². The summed E-state index contributed by atoms with van der Waals surface area (Å²) in [4.78, 5) is 21.7. The van der Waals surface area contributed by atoms with Crippen LogP contribution in [0.25, 0.3) is 0 Å². The number of rotatable bonds is 5. The number of carboxylic acids is 1. The topological polar surface area (TPSA) is 78.4 Å². The molecule has 0 bridgehead atoms. The molecule has 3 N–H and O–H groups in total. The number of nitrogens with one attached hydrogen (secondary N) is 2. The van der Waals surface area contributed by atoms with Gasteiger partial charge in [-0.15, -0.1) is 0 Å². The van der Waals surface area contributed by atoms with E-state index in [1.807, 2.05) is 0 Å². The molecule has 0 aromatic rings. The Morgan fingerprint density at radius 1 is 1.40 bits per heavy atom. The molecule has 1 rings (SSSR count). The third-order valence-corrected chi connectivity index (χ3v) is 2.49. The van der Waals surface area contributed by atoms with E-state index in [9.17, 15) is 9.59 Å². The van der Waals surface area contributed by atoms with E-state index in [0.717, 1.165) is 25.8 Å². The van der Waals surface area contributed by atoms with Gasteiger partial charge < -0.3 is 15.7 Å². The molecule has 0 aromatic carbocycles. The summed E-state index contributed by atoms with van der Waals surface area (Å²) in [5.41, 5.74) is 0. The molecule has 1 fully saturated rings. The van der Waals surface area contributed by atoms with Gasteiger partial charge in [0, 0.05) is 13.0 Å². The van der Waals surface area contributed by atoms with Gasteiger partial charge in [0.25, 0.3) is 0 Å². The molecule has 1 heterocycles. The lowest BCUT2D eigenvalue weighted by molar-refractivity contribution is -0.137. The van der Waals surface area contributed by atoms with E-state index in [-0.39, 0.29) is 18.4 Å². The molecular weight excluding hydrogens is 196 g/mol. The number of carbonyl (C=O) groups excluding carboxylic acids is 1. The lowest BCUT2D eigenvalue weighted by Crippen LogP contribution is -2.46. The number of hydrogen-bond donors (Lipinski definition) is 3. The van der Waals surface area contributed by atoms with Crippen molar-refractivity contribution < 1.29 is 14.7 Å². The van der Waals surface area contributed by atoms with Gasteiger partial charge in [-0.3, -0.25) is 9.59 Å². The minimum absolute atomic E-state index is 0.0000822. The standard InChI is InChI=1S/C10H18N2O3/c13-9(14)5-3-7-12-10(15)8-4-1-2-6-11-8/h8,11H,1-7H2,(H,12,15)(H,13,14). The molecule has 1 saturated heterocycles. The summed E-state index contributed by atoms with van der Waals surface area (Å²) >= 11 is 0. The minimum atomic E-state index is -0.819. The quantitative estimate of drug-likeness (QED) is 0.568. The highest BCUT2D eigenvalue weighted by Gasteiger charge is 2.19. The Kier molecular flexibility index (Phi) is 5.10. The number of amides is 1. The zero-order valence-corrected chi connectivity index (χ0v) is 8.79. The summed E-state index contributed by atoms with van der Waals surface area (Å²) < 4.78 is 0. The first-order valence-corrected chi connectivity index (χ1v) is 5.43. The van der Waals surface area contributed by atoms with Crippen molar-refractivity contribution in [1.82, 2.24) is 10.6 Å². The average molecular weight is 214 g/mol. The first kappa shape index (κ1) is 12.0. The molecule has 5 nitrogen and oxygen atoms in total. The van der Waals surface area contributed by atoms with E-state index in [1.54, 1.807) is 0 Å². The second-order valence-corrected chi connectivity index (χ2v) is 3.79. The molecule has 5 heteroatoms. The second-order valence-electron chi connectivity index (χ2n) is 3.79. The van der Waals surface area contributed by atoms with Gasteiger partial charge >= 0.3 is 5.97 Å². The van der Waals surface area contributed by atoms with Crippen LogP contribution in [0.3, 0.4) is 0 Å². The van der Waals surface area contributed by atoms with Crippen molar-refractivity contribution in [1.29, 1.82) is 0 Å². The Morgan fingerprint density at radius 3 is 2.80 bits per heavy atom. The molecule has 0 aliphatic carbocycles. The van der Waals surface area contributed by atoms with Crippen LogP contribution in [-0.2, 0) is 9.59 Å². The third-order valence-electron chi connectivity index (χ3n) is 2.49. The largest absolute Gasteiger partial charge is 0.481 e. The second kappa shape index (κ2) is 6.40. The summed E-state index contributed by atoms with van der Waals surface area (Å²) in [6.07, 6.45) is 3.69. The normalized spacial score (nSPS) is 20.9. The van der Waals surface area contributed by atoms with Crippen molar-refractivity contribution in [2.45, 2.75) is 38.1 Å². The molecule has 15 heavy (non-hydrogen) atoms. The van der Waals surface area contributed by atoms with Gasteiger partial charge in [-0.2, -0.15) is 0 Å². The lowest BCUT2D eigenvalue weighted by Gasteiger charge is -2.22. The molecular formula is C10H18N2O3. The summed E-state index contributed by atoms with van der Waals surface area (Å²) in [6.45, 7) is 1.34. The zero-order chi connectivity index (χ0) is 11.1. The van der Waals surface area contributed by atoms with Gasteiger partial charge in [0.05, 0.1) is 6.04 Å². The molecule has 1 atom stereocenters. The van der Waals surface area contributed by atoms with E-state index < -0.39 is 5.97 Å². The zero-order valence-electron chi connectivity index (χ0n) is 8.79. The maximum Gasteiger partial charge on any atom is 0.303 e. The number of carbonyl (C=O) groups is 2. The number of piperidine rings is 1. The van der Waals surface area contributed by atoms with Crippen LogP contribution in [0.2, 0.25) is 0 Å². The Labute approximate surface area is 89.2 Å². The van der Waals surface area contributed by atoms with Gasteiger partial charge in [-0.05, 0) is 25.8 Å². The summed E-state index contributed by atoms with van der Waals surface area (Å²) in [6, 6.07) is -0.0800. The van der Waals surface area contributed by atoms with Crippen LogP contribution in [0.5, 0.6) is 0 Å². The molecule has 1 amide bonds. The molecule has 1 unspecified atom stereocenters. The van der Waals surface area contributed by atoms with Gasteiger partial charge in [-0.25, -0.2) is 0 Å². The first-order valence-electron chi connectivity index (χ1n) is 5.43. The summed E-state index contributed by atoms with van der Waals surface area (Å²) in [5, 5.41) is 14.3. The number of carboxylic acid groups (broad SMARTS) is 1. The predicted molar refractivity (Wildman–Crippen MR) is 55.5 cm³/mol. The van der Waals surface area contributed by atoms with Gasteiger partial charge in [-0.1, -0.05) is 6.42 Å². The highest BCUT2D eigenvalue weighted by molar-refractivity contribution is 5.81. The average Bonchev–Trinajstić information content (AvgIpc) is 2.25. The Bertz CT molecular complexity index is 225. The molecule has 0 spiro atoms. The Morgan fingerprint density at radius 2 is 2.20 bits per heavy atom. The van der Waals surface area contributed by atoms with Crippen molar-refractivity contribution in [3.8, 4) is 0 Å². The summed E-state index contributed by atoms with van der Waals surface area (Å²) in [5.74, 6) is -0.819. The Hall–Kier alpha value is -1.10. The van der Waals surface area contributed by atoms with Gasteiger partial charge in [0.15, 0.2) is 0 Å². The van der Waals surface area contributed by atoms with Crippen molar-refractivity contribution in [3.05, 3.63) is 0 Å². The molecule has 0 aromatic heterocycles. The predicted octanol–water partition coefficient (Wildman–Crippen LogP) is 0.109. The molecule has 0 saturated carbocycles. The van der Waals surface area contributed by atoms with Crippen LogP contribution in [0.1, 0.15) is 32.1 Å². The van der Waals surface area contributed by atoms with Crippen LogP contribution in [0.4, 0.5) is 0 Å². The molecule has 1 aliphatic heterocycles. The monoisotopic (exact) mass is 214 g/mol. The molecule has 86 valence electrons. The maximum absolute atomic E-state index is 11.5. The fourth-order valence-electron chi connectivity index (χ4n) is 1.65. The summed E-state index contributed by atoms with van der Waals surface area (Å²) in [7, 11) is 0. The SMILES string of the molecule is O=C(O)CCCNC(=O)C1CCCCN1. The van der Waals surface area contributed by atoms with Crippen LogP contribution >= 0.6 is 0 Å². The van der Waals surface area contributed by atoms with Crippen LogP contribution in [0, 0.1) is 0 Å². The highest BCUT2D eigenvalue weighted by atomic mass is 16.4. The number of hydrogen-bond acceptors (Lipinski definition) is 3. The van der Waals surface area contributed by atoms with Crippen LogP contribution in [0.15, 0.2) is 0 Å². The number of aliphatic carboxylic acids is 1. The van der Waals surface area contributed by atoms with E-state index in [2.05, 4.69) is 10.6 Å². The fraction of sp³-hybridized carbons (Fsp3) is 0.800. The van der Waals surface area contributed by atoms with Crippen LogP contribution < -0.4 is 10.6 Å². The van der Waals surface area contributed by atoms with E-state index >= 15 is 0 Å². The third kappa shape index (κ3) is 4.78. The molecule has 1 aliphatic rings. The van der Waals surface area contributed by atoms with Crippen molar-refractivity contribution in [2.75, 3.05) is 13.1 Å². The lowest BCUT2D eigenvalue weighted by atomic mass is 10.0. The first-order chi connectivity index (χ1) is 7.20. The van der Waals surface area contributed by atoms with Crippen molar-refractivity contribution >= 4 is 11.9 Å². The van der Waals surface area contributed by atoms with E-state index in [1.165, 1.54) is 0 Å².